The topological polar surface area (TPSA) is 99.0 Å². The molecule has 1 amide bonds. The molecule has 0 aromatic heterocycles. The van der Waals surface area contributed by atoms with Crippen molar-refractivity contribution in [2.24, 2.45) is 0 Å². The largest absolute Gasteiger partial charge is 0.394 e. The summed E-state index contributed by atoms with van der Waals surface area (Å²) in [5.41, 5.74) is 0.512. The molecule has 1 aliphatic heterocycles. The molecule has 1 aromatic rings. The normalized spacial score (nSPS) is 31.8. The van der Waals surface area contributed by atoms with Gasteiger partial charge < -0.3 is 25.4 Å². The van der Waals surface area contributed by atoms with E-state index >= 15 is 0 Å². The Bertz CT molecular complexity index is 509. The van der Waals surface area contributed by atoms with Gasteiger partial charge in [0.15, 0.2) is 0 Å². The fourth-order valence-corrected chi connectivity index (χ4v) is 3.46. The molecule has 0 aliphatic carbocycles. The van der Waals surface area contributed by atoms with Crippen LogP contribution in [0.2, 0.25) is 0 Å². The van der Waals surface area contributed by atoms with Crippen molar-refractivity contribution in [2.45, 2.75) is 48.5 Å². The van der Waals surface area contributed by atoms with Crippen molar-refractivity contribution in [1.82, 2.24) is 5.32 Å². The highest BCUT2D eigenvalue weighted by molar-refractivity contribution is 7.99. The van der Waals surface area contributed by atoms with Crippen LogP contribution >= 0.6 is 11.8 Å². The molecule has 1 fully saturated rings. The first-order valence-electron chi connectivity index (χ1n) is 7.05. The fourth-order valence-electron chi connectivity index (χ4n) is 2.32. The van der Waals surface area contributed by atoms with E-state index in [2.05, 4.69) is 5.32 Å². The summed E-state index contributed by atoms with van der Waals surface area (Å²) in [4.78, 5) is 12.2. The highest BCUT2D eigenvalue weighted by Gasteiger charge is 2.45. The molecule has 2 rings (SSSR count). The number of aliphatic hydroxyl groups excluding tert-OH is 3. The van der Waals surface area contributed by atoms with Crippen LogP contribution in [-0.2, 0) is 9.53 Å². The van der Waals surface area contributed by atoms with Crippen LogP contribution in [0.1, 0.15) is 12.5 Å². The first kappa shape index (κ1) is 17.2. The Kier molecular flexibility index (Phi) is 5.82. The lowest BCUT2D eigenvalue weighted by atomic mass is 9.98. The number of ether oxygens (including phenoxy) is 1. The number of hydrogen-bond acceptors (Lipinski definition) is 6. The van der Waals surface area contributed by atoms with Gasteiger partial charge >= 0.3 is 0 Å². The van der Waals surface area contributed by atoms with Crippen molar-refractivity contribution in [2.75, 3.05) is 6.61 Å². The maximum atomic E-state index is 11.3. The van der Waals surface area contributed by atoms with E-state index in [-0.39, 0.29) is 5.91 Å². The molecule has 4 N–H and O–H groups in total. The highest BCUT2D eigenvalue weighted by Crippen LogP contribution is 2.33. The molecule has 1 heterocycles. The Morgan fingerprint density at radius 1 is 1.27 bits per heavy atom. The molecule has 0 radical (unpaired) electrons. The lowest BCUT2D eigenvalue weighted by Gasteiger charge is -2.42. The van der Waals surface area contributed by atoms with E-state index in [1.807, 2.05) is 31.2 Å². The molecule has 1 saturated heterocycles. The number of hydrogen-bond donors (Lipinski definition) is 4. The molecule has 1 aliphatic rings. The standard InChI is InChI=1S/C15H21NO5S/c1-8-3-5-10(6-4-8)22-15-12(16-9(2)18)14(20)13(19)11(7-17)21-15/h3-6,11-15,17,19-20H,7H2,1-2H3,(H,16,18)/t11-,12-,13+,14-,15?/m1/s1. The van der Waals surface area contributed by atoms with Gasteiger partial charge in [-0.15, -0.1) is 0 Å². The minimum Gasteiger partial charge on any atom is -0.394 e. The lowest BCUT2D eigenvalue weighted by Crippen LogP contribution is -2.63. The van der Waals surface area contributed by atoms with Gasteiger partial charge in [0.05, 0.1) is 12.6 Å². The number of benzene rings is 1. The molecule has 1 unspecified atom stereocenters. The van der Waals surface area contributed by atoms with Crippen LogP contribution in [0.25, 0.3) is 0 Å². The average molecular weight is 327 g/mol. The second-order valence-corrected chi connectivity index (χ2v) is 6.54. The Morgan fingerprint density at radius 3 is 2.45 bits per heavy atom. The number of aryl methyl sites for hydroxylation is 1. The summed E-state index contributed by atoms with van der Waals surface area (Å²) >= 11 is 1.33. The van der Waals surface area contributed by atoms with E-state index in [1.165, 1.54) is 18.7 Å². The van der Waals surface area contributed by atoms with Crippen molar-refractivity contribution >= 4 is 17.7 Å². The Balaban J connectivity index is 2.18. The predicted octanol–water partition coefficient (Wildman–Crippen LogP) is 0.0308. The molecule has 0 saturated carbocycles. The summed E-state index contributed by atoms with van der Waals surface area (Å²) < 4.78 is 5.65. The number of carbonyl (C=O) groups excluding carboxylic acids is 1. The molecule has 122 valence electrons. The first-order chi connectivity index (χ1) is 10.4. The summed E-state index contributed by atoms with van der Waals surface area (Å²) in [6.45, 7) is 2.91. The van der Waals surface area contributed by atoms with Crippen LogP contribution in [0.5, 0.6) is 0 Å². The Labute approximate surface area is 133 Å². The van der Waals surface area contributed by atoms with Gasteiger partial charge in [-0.3, -0.25) is 4.79 Å². The third kappa shape index (κ3) is 3.99. The second-order valence-electron chi connectivity index (χ2n) is 5.36. The van der Waals surface area contributed by atoms with E-state index in [1.54, 1.807) is 0 Å². The lowest BCUT2D eigenvalue weighted by molar-refractivity contribution is -0.173. The SMILES string of the molecule is CC(=O)N[C@H]1C(Sc2ccc(C)cc2)O[C@H](CO)[C@H](O)[C@@H]1O. The summed E-state index contributed by atoms with van der Waals surface area (Å²) in [5, 5.41) is 32.0. The van der Waals surface area contributed by atoms with E-state index < -0.39 is 36.4 Å². The van der Waals surface area contributed by atoms with Crippen molar-refractivity contribution in [1.29, 1.82) is 0 Å². The van der Waals surface area contributed by atoms with E-state index in [0.717, 1.165) is 10.5 Å². The van der Waals surface area contributed by atoms with Gasteiger partial charge in [0.2, 0.25) is 5.91 Å². The Hall–Kier alpha value is -1.12. The number of aliphatic hydroxyl groups is 3. The van der Waals surface area contributed by atoms with Crippen LogP contribution in [0, 0.1) is 6.92 Å². The minimum absolute atomic E-state index is 0.322. The zero-order valence-corrected chi connectivity index (χ0v) is 13.3. The second kappa shape index (κ2) is 7.43. The molecule has 5 atom stereocenters. The van der Waals surface area contributed by atoms with Crippen LogP contribution in [0.4, 0.5) is 0 Å². The summed E-state index contributed by atoms with van der Waals surface area (Å²) in [6.07, 6.45) is -3.35. The first-order valence-corrected chi connectivity index (χ1v) is 7.93. The molecule has 0 spiro atoms. The summed E-state index contributed by atoms with van der Waals surface area (Å²) in [7, 11) is 0. The molecule has 6 nitrogen and oxygen atoms in total. The number of carbonyl (C=O) groups is 1. The van der Waals surface area contributed by atoms with E-state index in [9.17, 15) is 20.1 Å². The van der Waals surface area contributed by atoms with E-state index in [4.69, 9.17) is 4.74 Å². The molecule has 1 aromatic carbocycles. The van der Waals surface area contributed by atoms with Crippen molar-refractivity contribution in [3.8, 4) is 0 Å². The maximum absolute atomic E-state index is 11.3. The number of nitrogens with one attached hydrogen (secondary N) is 1. The van der Waals surface area contributed by atoms with Gasteiger partial charge in [-0.05, 0) is 19.1 Å². The highest BCUT2D eigenvalue weighted by atomic mass is 32.2. The van der Waals surface area contributed by atoms with Crippen LogP contribution in [0.3, 0.4) is 0 Å². The molecule has 0 bridgehead atoms. The third-order valence-electron chi connectivity index (χ3n) is 3.52. The average Bonchev–Trinajstić information content (AvgIpc) is 2.48. The predicted molar refractivity (Wildman–Crippen MR) is 82.4 cm³/mol. The number of thioether (sulfide) groups is 1. The monoisotopic (exact) mass is 327 g/mol. The zero-order valence-electron chi connectivity index (χ0n) is 12.5. The number of amides is 1. The maximum Gasteiger partial charge on any atom is 0.217 e. The van der Waals surface area contributed by atoms with Crippen LogP contribution < -0.4 is 5.32 Å². The van der Waals surface area contributed by atoms with Crippen molar-refractivity contribution < 1.29 is 24.9 Å². The van der Waals surface area contributed by atoms with Crippen LogP contribution in [-0.4, -0.2) is 57.6 Å². The van der Waals surface area contributed by atoms with Gasteiger partial charge in [0, 0.05) is 11.8 Å². The van der Waals surface area contributed by atoms with Gasteiger partial charge in [0.1, 0.15) is 23.7 Å². The molecule has 22 heavy (non-hydrogen) atoms. The number of rotatable bonds is 4. The van der Waals surface area contributed by atoms with Gasteiger partial charge in [-0.25, -0.2) is 0 Å². The smallest absolute Gasteiger partial charge is 0.217 e. The van der Waals surface area contributed by atoms with Crippen molar-refractivity contribution in [3.05, 3.63) is 29.8 Å². The molecule has 7 heteroatoms. The Morgan fingerprint density at radius 2 is 1.91 bits per heavy atom. The van der Waals surface area contributed by atoms with E-state index in [0.29, 0.717) is 0 Å². The van der Waals surface area contributed by atoms with Gasteiger partial charge in [-0.1, -0.05) is 29.5 Å². The van der Waals surface area contributed by atoms with Gasteiger partial charge in [0.25, 0.3) is 0 Å². The quantitative estimate of drug-likeness (QED) is 0.623. The minimum atomic E-state index is -1.25. The van der Waals surface area contributed by atoms with Crippen molar-refractivity contribution in [3.63, 3.8) is 0 Å². The molecular weight excluding hydrogens is 306 g/mol. The summed E-state index contributed by atoms with van der Waals surface area (Å²) in [6, 6.07) is 6.97. The zero-order chi connectivity index (χ0) is 16.3. The van der Waals surface area contributed by atoms with Crippen LogP contribution in [0.15, 0.2) is 29.2 Å². The summed E-state index contributed by atoms with van der Waals surface area (Å²) in [5.74, 6) is -0.322. The third-order valence-corrected chi connectivity index (χ3v) is 4.70. The molecular formula is C15H21NO5S. The fraction of sp³-hybridized carbons (Fsp3) is 0.533. The van der Waals surface area contributed by atoms with Gasteiger partial charge in [-0.2, -0.15) is 0 Å².